The number of benzene rings is 2. The van der Waals surface area contributed by atoms with Crippen molar-refractivity contribution < 1.29 is 24.2 Å². The van der Waals surface area contributed by atoms with Crippen molar-refractivity contribution in [2.24, 2.45) is 0 Å². The molecule has 1 aliphatic heterocycles. The lowest BCUT2D eigenvalue weighted by molar-refractivity contribution is -0.145. The molecule has 1 saturated heterocycles. The second kappa shape index (κ2) is 9.11. The van der Waals surface area contributed by atoms with Crippen LogP contribution < -0.4 is 14.4 Å². The van der Waals surface area contributed by atoms with Gasteiger partial charge in [-0.05, 0) is 42.3 Å². The fraction of sp³-hybridized carbons (Fsp3) is 0.190. The van der Waals surface area contributed by atoms with Crippen molar-refractivity contribution >= 4 is 51.9 Å². The van der Waals surface area contributed by atoms with E-state index in [0.717, 1.165) is 5.56 Å². The minimum atomic E-state index is -1.00. The van der Waals surface area contributed by atoms with Gasteiger partial charge in [0, 0.05) is 0 Å². The topological polar surface area (TPSA) is 76.1 Å². The van der Waals surface area contributed by atoms with Crippen LogP contribution in [0.2, 0.25) is 0 Å². The maximum absolute atomic E-state index is 12.9. The Morgan fingerprint density at radius 1 is 1.24 bits per heavy atom. The molecule has 1 fully saturated rings. The summed E-state index contributed by atoms with van der Waals surface area (Å²) < 4.78 is 11.2. The van der Waals surface area contributed by atoms with Crippen molar-refractivity contribution in [3.63, 3.8) is 0 Å². The molecule has 0 spiro atoms. The number of carbonyl (C=O) groups excluding carboxylic acids is 1. The van der Waals surface area contributed by atoms with E-state index >= 15 is 0 Å². The first kappa shape index (κ1) is 20.9. The molecule has 0 saturated carbocycles. The monoisotopic (exact) mass is 429 g/mol. The summed E-state index contributed by atoms with van der Waals surface area (Å²) >= 11 is 6.62. The quantitative estimate of drug-likeness (QED) is 0.518. The van der Waals surface area contributed by atoms with Crippen LogP contribution in [0, 0.1) is 0 Å². The molecule has 8 heteroatoms. The number of para-hydroxylation sites is 2. The van der Waals surface area contributed by atoms with Crippen LogP contribution in [-0.4, -0.2) is 34.5 Å². The van der Waals surface area contributed by atoms with Crippen molar-refractivity contribution in [3.8, 4) is 11.5 Å². The molecule has 150 valence electrons. The number of hydrogen-bond donors (Lipinski definition) is 1. The number of carbonyl (C=O) groups is 2. The SMILES string of the molecule is CCC(Oc1ccc(/C=C2/SC(=S)N(c3ccccc3OC)C2=O)cc1)C(=O)O. The Balaban J connectivity index is 1.80. The van der Waals surface area contributed by atoms with E-state index in [1.807, 2.05) is 12.1 Å². The number of methoxy groups -OCH3 is 1. The van der Waals surface area contributed by atoms with Crippen LogP contribution in [-0.2, 0) is 9.59 Å². The first-order valence-electron chi connectivity index (χ1n) is 8.85. The molecular weight excluding hydrogens is 410 g/mol. The summed E-state index contributed by atoms with van der Waals surface area (Å²) in [5, 5.41) is 9.09. The molecule has 2 aromatic rings. The molecule has 3 rings (SSSR count). The molecule has 0 radical (unpaired) electrons. The highest BCUT2D eigenvalue weighted by atomic mass is 32.2. The van der Waals surface area contributed by atoms with E-state index in [-0.39, 0.29) is 5.91 Å². The van der Waals surface area contributed by atoms with Crippen molar-refractivity contribution in [3.05, 3.63) is 59.0 Å². The summed E-state index contributed by atoms with van der Waals surface area (Å²) in [6.45, 7) is 1.75. The van der Waals surface area contributed by atoms with Crippen LogP contribution in [0.15, 0.2) is 53.4 Å². The summed E-state index contributed by atoms with van der Waals surface area (Å²) in [5.74, 6) is -0.202. The Labute approximate surface area is 178 Å². The van der Waals surface area contributed by atoms with Gasteiger partial charge in [0.15, 0.2) is 10.4 Å². The molecule has 29 heavy (non-hydrogen) atoms. The Kier molecular flexibility index (Phi) is 6.56. The van der Waals surface area contributed by atoms with Crippen molar-refractivity contribution in [2.45, 2.75) is 19.4 Å². The molecule has 0 aliphatic carbocycles. The van der Waals surface area contributed by atoms with Gasteiger partial charge in [-0.1, -0.05) is 55.2 Å². The van der Waals surface area contributed by atoms with Crippen LogP contribution in [0.1, 0.15) is 18.9 Å². The van der Waals surface area contributed by atoms with Crippen LogP contribution in [0.5, 0.6) is 11.5 Å². The smallest absolute Gasteiger partial charge is 0.344 e. The van der Waals surface area contributed by atoms with E-state index in [4.69, 9.17) is 26.8 Å². The number of aliphatic carboxylic acids is 1. The Hall–Kier alpha value is -2.84. The molecule has 0 aromatic heterocycles. The summed E-state index contributed by atoms with van der Waals surface area (Å²) in [5.41, 5.74) is 1.38. The second-order valence-electron chi connectivity index (χ2n) is 6.11. The lowest BCUT2D eigenvalue weighted by Crippen LogP contribution is -2.27. The number of nitrogens with zero attached hydrogens (tertiary/aromatic N) is 1. The maximum atomic E-state index is 12.9. The zero-order valence-corrected chi connectivity index (χ0v) is 17.5. The minimum Gasteiger partial charge on any atom is -0.495 e. The van der Waals surface area contributed by atoms with Gasteiger partial charge in [0.2, 0.25) is 0 Å². The van der Waals surface area contributed by atoms with Crippen molar-refractivity contribution in [2.75, 3.05) is 12.0 Å². The summed E-state index contributed by atoms with van der Waals surface area (Å²) in [6.07, 6.45) is 1.22. The molecule has 1 N–H and O–H groups in total. The first-order valence-corrected chi connectivity index (χ1v) is 10.1. The number of ether oxygens (including phenoxy) is 2. The standard InChI is InChI=1S/C21H19NO5S2/c1-3-16(20(24)25)27-14-10-8-13(9-11-14)12-18-19(23)22(21(28)29-18)15-6-4-5-7-17(15)26-2/h4-12,16H,3H2,1-2H3,(H,24,25)/b18-12+. The highest BCUT2D eigenvalue weighted by Gasteiger charge is 2.34. The van der Waals surface area contributed by atoms with Gasteiger partial charge in [0.25, 0.3) is 5.91 Å². The van der Waals surface area contributed by atoms with Gasteiger partial charge >= 0.3 is 5.97 Å². The number of amides is 1. The van der Waals surface area contributed by atoms with Gasteiger partial charge in [0.1, 0.15) is 11.5 Å². The molecule has 6 nitrogen and oxygen atoms in total. The lowest BCUT2D eigenvalue weighted by Gasteiger charge is -2.17. The molecule has 1 heterocycles. The van der Waals surface area contributed by atoms with Crippen molar-refractivity contribution in [1.29, 1.82) is 0 Å². The number of rotatable bonds is 7. The van der Waals surface area contributed by atoms with Gasteiger partial charge in [-0.15, -0.1) is 0 Å². The van der Waals surface area contributed by atoms with Crippen molar-refractivity contribution in [1.82, 2.24) is 0 Å². The molecule has 1 amide bonds. The second-order valence-corrected chi connectivity index (χ2v) is 7.79. The van der Waals surface area contributed by atoms with E-state index in [1.54, 1.807) is 56.5 Å². The third kappa shape index (κ3) is 4.60. The van der Waals surface area contributed by atoms with Crippen LogP contribution in [0.25, 0.3) is 6.08 Å². The normalized spacial score (nSPS) is 16.2. The number of thioether (sulfide) groups is 1. The number of carboxylic acids is 1. The number of anilines is 1. The first-order chi connectivity index (χ1) is 13.9. The minimum absolute atomic E-state index is 0.221. The number of hydrogen-bond acceptors (Lipinski definition) is 6. The Bertz CT molecular complexity index is 971. The van der Waals surface area contributed by atoms with E-state index in [0.29, 0.717) is 32.8 Å². The molecule has 0 bridgehead atoms. The Morgan fingerprint density at radius 2 is 1.93 bits per heavy atom. The predicted octanol–water partition coefficient (Wildman–Crippen LogP) is 4.34. The molecule has 1 aliphatic rings. The Morgan fingerprint density at radius 3 is 2.55 bits per heavy atom. The van der Waals surface area contributed by atoms with E-state index in [1.165, 1.54) is 16.7 Å². The molecule has 1 unspecified atom stereocenters. The zero-order valence-electron chi connectivity index (χ0n) is 15.8. The lowest BCUT2D eigenvalue weighted by atomic mass is 10.2. The van der Waals surface area contributed by atoms with Gasteiger partial charge in [-0.3, -0.25) is 9.69 Å². The average molecular weight is 430 g/mol. The highest BCUT2D eigenvalue weighted by Crippen LogP contribution is 2.39. The molecular formula is C21H19NO5S2. The maximum Gasteiger partial charge on any atom is 0.344 e. The van der Waals surface area contributed by atoms with Crippen LogP contribution >= 0.6 is 24.0 Å². The number of carboxylic acid groups (broad SMARTS) is 1. The summed E-state index contributed by atoms with van der Waals surface area (Å²) in [4.78, 5) is 26.0. The molecule has 2 aromatic carbocycles. The fourth-order valence-corrected chi connectivity index (χ4v) is 4.04. The average Bonchev–Trinajstić information content (AvgIpc) is 2.99. The zero-order chi connectivity index (χ0) is 21.0. The van der Waals surface area contributed by atoms with E-state index < -0.39 is 12.1 Å². The number of thiocarbonyl (C=S) groups is 1. The summed E-state index contributed by atoms with van der Waals surface area (Å²) in [7, 11) is 1.55. The van der Waals surface area contributed by atoms with Gasteiger partial charge in [-0.25, -0.2) is 4.79 Å². The largest absolute Gasteiger partial charge is 0.495 e. The highest BCUT2D eigenvalue weighted by molar-refractivity contribution is 8.27. The fourth-order valence-electron chi connectivity index (χ4n) is 2.76. The van der Waals surface area contributed by atoms with Gasteiger partial charge in [-0.2, -0.15) is 0 Å². The van der Waals surface area contributed by atoms with Gasteiger partial charge in [0.05, 0.1) is 17.7 Å². The van der Waals surface area contributed by atoms with Crippen LogP contribution in [0.4, 0.5) is 5.69 Å². The summed E-state index contributed by atoms with van der Waals surface area (Å²) in [6, 6.07) is 14.1. The molecule has 1 atom stereocenters. The van der Waals surface area contributed by atoms with E-state index in [9.17, 15) is 9.59 Å². The van der Waals surface area contributed by atoms with E-state index in [2.05, 4.69) is 0 Å². The van der Waals surface area contributed by atoms with Crippen LogP contribution in [0.3, 0.4) is 0 Å². The third-order valence-electron chi connectivity index (χ3n) is 4.22. The van der Waals surface area contributed by atoms with Gasteiger partial charge < -0.3 is 14.6 Å². The predicted molar refractivity (Wildman–Crippen MR) is 117 cm³/mol. The third-order valence-corrected chi connectivity index (χ3v) is 5.52.